The quantitative estimate of drug-likeness (QED) is 0.774. The first-order valence-electron chi connectivity index (χ1n) is 8.47. The second-order valence-electron chi connectivity index (χ2n) is 6.32. The molecule has 5 heteroatoms. The van der Waals surface area contributed by atoms with E-state index in [-0.39, 0.29) is 5.91 Å². The van der Waals surface area contributed by atoms with E-state index in [1.165, 1.54) is 0 Å². The topological polar surface area (TPSA) is 44.8 Å². The number of nitrogens with zero attached hydrogens (tertiary/aromatic N) is 2. The van der Waals surface area contributed by atoms with Gasteiger partial charge < -0.3 is 19.9 Å². The maximum absolute atomic E-state index is 12.1. The van der Waals surface area contributed by atoms with Crippen LogP contribution in [0.3, 0.4) is 0 Å². The first kappa shape index (κ1) is 17.8. The molecule has 1 heterocycles. The van der Waals surface area contributed by atoms with Gasteiger partial charge in [-0.05, 0) is 45.5 Å². The highest BCUT2D eigenvalue weighted by Gasteiger charge is 2.16. The molecule has 1 atom stereocenters. The molecular weight excluding hydrogens is 290 g/mol. The number of benzene rings is 1. The van der Waals surface area contributed by atoms with Gasteiger partial charge >= 0.3 is 0 Å². The summed E-state index contributed by atoms with van der Waals surface area (Å²) in [7, 11) is 2.16. The molecule has 128 valence electrons. The number of carbonyl (C=O) groups excluding carboxylic acids is 1. The number of hydrogen-bond donors (Lipinski definition) is 1. The van der Waals surface area contributed by atoms with Crippen molar-refractivity contribution >= 4 is 5.91 Å². The average Bonchev–Trinajstić information content (AvgIpc) is 2.55. The zero-order valence-corrected chi connectivity index (χ0v) is 14.5. The van der Waals surface area contributed by atoms with Crippen LogP contribution in [0.1, 0.15) is 18.9 Å². The summed E-state index contributed by atoms with van der Waals surface area (Å²) >= 11 is 0. The SMILES string of the molecule is Cc1ccccc1O[C@@H](C)C(=O)NCCCN1CCN(C)CC1. The van der Waals surface area contributed by atoms with E-state index in [0.717, 1.165) is 50.5 Å². The van der Waals surface area contributed by atoms with Crippen LogP contribution in [0.25, 0.3) is 0 Å². The molecule has 1 amide bonds. The van der Waals surface area contributed by atoms with Gasteiger partial charge in [0, 0.05) is 32.7 Å². The predicted molar refractivity (Wildman–Crippen MR) is 92.8 cm³/mol. The lowest BCUT2D eigenvalue weighted by Gasteiger charge is -2.32. The van der Waals surface area contributed by atoms with Crippen LogP contribution in [0.15, 0.2) is 24.3 Å². The van der Waals surface area contributed by atoms with Crippen LogP contribution in [0.5, 0.6) is 5.75 Å². The van der Waals surface area contributed by atoms with Gasteiger partial charge in [0.2, 0.25) is 0 Å². The normalized spacial score (nSPS) is 17.7. The van der Waals surface area contributed by atoms with Crippen molar-refractivity contribution in [2.75, 3.05) is 46.3 Å². The fraction of sp³-hybridized carbons (Fsp3) is 0.611. The minimum atomic E-state index is -0.472. The van der Waals surface area contributed by atoms with Crippen molar-refractivity contribution in [2.24, 2.45) is 0 Å². The third-order valence-electron chi connectivity index (χ3n) is 4.31. The minimum Gasteiger partial charge on any atom is -0.481 e. The van der Waals surface area contributed by atoms with E-state index in [0.29, 0.717) is 6.54 Å². The number of likely N-dealkylation sites (N-methyl/N-ethyl adjacent to an activating group) is 1. The summed E-state index contributed by atoms with van der Waals surface area (Å²) in [5, 5.41) is 2.97. The van der Waals surface area contributed by atoms with Crippen molar-refractivity contribution in [1.29, 1.82) is 0 Å². The fourth-order valence-electron chi connectivity index (χ4n) is 2.66. The van der Waals surface area contributed by atoms with E-state index < -0.39 is 6.10 Å². The molecule has 0 bridgehead atoms. The van der Waals surface area contributed by atoms with E-state index in [1.54, 1.807) is 6.92 Å². The number of para-hydroxylation sites is 1. The van der Waals surface area contributed by atoms with Gasteiger partial charge in [0.1, 0.15) is 5.75 Å². The number of nitrogens with one attached hydrogen (secondary N) is 1. The number of piperazine rings is 1. The summed E-state index contributed by atoms with van der Waals surface area (Å²) in [5.41, 5.74) is 1.04. The average molecular weight is 319 g/mol. The lowest BCUT2D eigenvalue weighted by atomic mass is 10.2. The molecule has 5 nitrogen and oxygen atoms in total. The Morgan fingerprint density at radius 3 is 2.65 bits per heavy atom. The summed E-state index contributed by atoms with van der Waals surface area (Å²) in [6.07, 6.45) is 0.506. The number of aryl methyl sites for hydroxylation is 1. The highest BCUT2D eigenvalue weighted by molar-refractivity contribution is 5.80. The van der Waals surface area contributed by atoms with Crippen LogP contribution in [-0.4, -0.2) is 68.1 Å². The summed E-state index contributed by atoms with van der Waals surface area (Å²) in [5.74, 6) is 0.721. The van der Waals surface area contributed by atoms with E-state index >= 15 is 0 Å². The van der Waals surface area contributed by atoms with Crippen molar-refractivity contribution in [1.82, 2.24) is 15.1 Å². The number of carbonyl (C=O) groups is 1. The smallest absolute Gasteiger partial charge is 0.260 e. The fourth-order valence-corrected chi connectivity index (χ4v) is 2.66. The molecule has 1 saturated heterocycles. The largest absolute Gasteiger partial charge is 0.481 e. The molecule has 1 N–H and O–H groups in total. The molecule has 1 fully saturated rings. The van der Waals surface area contributed by atoms with Gasteiger partial charge in [0.25, 0.3) is 5.91 Å². The van der Waals surface area contributed by atoms with Gasteiger partial charge in [0.15, 0.2) is 6.10 Å². The van der Waals surface area contributed by atoms with E-state index in [4.69, 9.17) is 4.74 Å². The third-order valence-corrected chi connectivity index (χ3v) is 4.31. The first-order chi connectivity index (χ1) is 11.1. The van der Waals surface area contributed by atoms with Gasteiger partial charge in [-0.15, -0.1) is 0 Å². The molecule has 0 radical (unpaired) electrons. The third kappa shape index (κ3) is 5.84. The highest BCUT2D eigenvalue weighted by Crippen LogP contribution is 2.17. The molecule has 0 unspecified atom stereocenters. The molecule has 0 aliphatic carbocycles. The molecule has 0 saturated carbocycles. The van der Waals surface area contributed by atoms with Gasteiger partial charge in [-0.25, -0.2) is 0 Å². The molecule has 0 spiro atoms. The van der Waals surface area contributed by atoms with Crippen LogP contribution in [0, 0.1) is 6.92 Å². The lowest BCUT2D eigenvalue weighted by Crippen LogP contribution is -2.45. The molecule has 0 aromatic heterocycles. The van der Waals surface area contributed by atoms with E-state index in [9.17, 15) is 4.79 Å². The number of ether oxygens (including phenoxy) is 1. The van der Waals surface area contributed by atoms with E-state index in [1.807, 2.05) is 31.2 Å². The monoisotopic (exact) mass is 319 g/mol. The van der Waals surface area contributed by atoms with Crippen LogP contribution in [-0.2, 0) is 4.79 Å². The molecule has 1 aromatic rings. The molecule has 1 aliphatic rings. The summed E-state index contributed by atoms with van der Waals surface area (Å²) in [6.45, 7) is 10.0. The van der Waals surface area contributed by atoms with Gasteiger partial charge in [-0.1, -0.05) is 18.2 Å². The maximum atomic E-state index is 12.1. The Bertz CT molecular complexity index is 499. The Balaban J connectivity index is 1.63. The zero-order valence-electron chi connectivity index (χ0n) is 14.5. The van der Waals surface area contributed by atoms with Crippen molar-refractivity contribution in [2.45, 2.75) is 26.4 Å². The van der Waals surface area contributed by atoms with Crippen LogP contribution < -0.4 is 10.1 Å². The van der Waals surface area contributed by atoms with Crippen molar-refractivity contribution in [3.8, 4) is 5.75 Å². The van der Waals surface area contributed by atoms with Gasteiger partial charge in [-0.2, -0.15) is 0 Å². The number of hydrogen-bond acceptors (Lipinski definition) is 4. The number of amides is 1. The Kier molecular flexibility index (Phi) is 6.86. The summed E-state index contributed by atoms with van der Waals surface area (Å²) in [6, 6.07) is 7.76. The van der Waals surface area contributed by atoms with Crippen LogP contribution in [0.2, 0.25) is 0 Å². The lowest BCUT2D eigenvalue weighted by molar-refractivity contribution is -0.127. The van der Waals surface area contributed by atoms with Crippen molar-refractivity contribution in [3.05, 3.63) is 29.8 Å². The first-order valence-corrected chi connectivity index (χ1v) is 8.47. The Hall–Kier alpha value is -1.59. The minimum absolute atomic E-state index is 0.0494. The second kappa shape index (κ2) is 8.89. The molecular formula is C18H29N3O2. The van der Waals surface area contributed by atoms with Crippen molar-refractivity contribution in [3.63, 3.8) is 0 Å². The maximum Gasteiger partial charge on any atom is 0.260 e. The molecule has 23 heavy (non-hydrogen) atoms. The second-order valence-corrected chi connectivity index (χ2v) is 6.32. The number of rotatable bonds is 7. The van der Waals surface area contributed by atoms with E-state index in [2.05, 4.69) is 22.2 Å². The summed E-state index contributed by atoms with van der Waals surface area (Å²) in [4.78, 5) is 16.9. The standard InChI is InChI=1S/C18H29N3O2/c1-15-7-4-5-8-17(15)23-16(2)18(22)19-9-6-10-21-13-11-20(3)12-14-21/h4-5,7-8,16H,6,9-14H2,1-3H3,(H,19,22)/t16-/m0/s1. The Morgan fingerprint density at radius 2 is 1.96 bits per heavy atom. The molecule has 2 rings (SSSR count). The predicted octanol–water partition coefficient (Wildman–Crippen LogP) is 1.52. The Morgan fingerprint density at radius 1 is 1.26 bits per heavy atom. The van der Waals surface area contributed by atoms with Gasteiger partial charge in [0.05, 0.1) is 0 Å². The summed E-state index contributed by atoms with van der Waals surface area (Å²) < 4.78 is 5.74. The zero-order chi connectivity index (χ0) is 16.7. The van der Waals surface area contributed by atoms with Crippen LogP contribution >= 0.6 is 0 Å². The Labute approximate surface area is 139 Å². The molecule has 1 aromatic carbocycles. The molecule has 1 aliphatic heterocycles. The highest BCUT2D eigenvalue weighted by atomic mass is 16.5. The van der Waals surface area contributed by atoms with Crippen molar-refractivity contribution < 1.29 is 9.53 Å². The van der Waals surface area contributed by atoms with Crippen LogP contribution in [0.4, 0.5) is 0 Å². The van der Waals surface area contributed by atoms with Gasteiger partial charge in [-0.3, -0.25) is 4.79 Å².